The van der Waals surface area contributed by atoms with Gasteiger partial charge in [0.15, 0.2) is 0 Å². The number of aryl methyl sites for hydroxylation is 1. The first-order valence-electron chi connectivity index (χ1n) is 11.0. The highest BCUT2D eigenvalue weighted by Gasteiger charge is 2.34. The minimum absolute atomic E-state index is 0.0319. The summed E-state index contributed by atoms with van der Waals surface area (Å²) in [6.07, 6.45) is 1.27. The van der Waals surface area contributed by atoms with Crippen LogP contribution in [0, 0.1) is 6.92 Å². The summed E-state index contributed by atoms with van der Waals surface area (Å²) in [5.74, 6) is -0.283. The molecular weight excluding hydrogens is 488 g/mol. The number of hydrogen-bond donors (Lipinski definition) is 3. The van der Waals surface area contributed by atoms with Crippen molar-refractivity contribution in [1.29, 1.82) is 0 Å². The van der Waals surface area contributed by atoms with Crippen LogP contribution in [-0.4, -0.2) is 37.8 Å². The van der Waals surface area contributed by atoms with Crippen LogP contribution in [0.15, 0.2) is 71.6 Å². The van der Waals surface area contributed by atoms with Crippen molar-refractivity contribution in [2.45, 2.75) is 30.7 Å². The van der Waals surface area contributed by atoms with E-state index in [9.17, 15) is 18.0 Å². The number of nitrogens with one attached hydrogen (secondary N) is 2. The van der Waals surface area contributed by atoms with Crippen LogP contribution in [-0.2, 0) is 14.8 Å². The summed E-state index contributed by atoms with van der Waals surface area (Å²) in [5, 5.41) is 11.6. The quantitative estimate of drug-likeness (QED) is 0.462. The van der Waals surface area contributed by atoms with Crippen LogP contribution >= 0.6 is 11.6 Å². The summed E-state index contributed by atoms with van der Waals surface area (Å²) in [6, 6.07) is 17.5. The first-order chi connectivity index (χ1) is 16.6. The lowest BCUT2D eigenvalue weighted by Crippen LogP contribution is -2.45. The average molecular weight is 513 g/mol. The Morgan fingerprint density at radius 2 is 1.74 bits per heavy atom. The molecule has 10 heteroatoms. The van der Waals surface area contributed by atoms with Crippen LogP contribution in [0.2, 0.25) is 5.02 Å². The molecule has 3 aromatic rings. The Hall–Kier alpha value is -3.40. The second kappa shape index (κ2) is 10.1. The lowest BCUT2D eigenvalue weighted by atomic mass is 10.0. The number of nitrogens with zero attached hydrogens (tertiary/aromatic N) is 1. The highest BCUT2D eigenvalue weighted by molar-refractivity contribution is 7.89. The Morgan fingerprint density at radius 1 is 1.03 bits per heavy atom. The standard InChI is InChI=1S/C25H25ClN4O4S/c1-16-15-17(20-5-2-3-7-23(20)35(27,33)34)8-13-21(16)29-24(31)22-6-4-14-30(22)25(32)28-19-11-9-18(26)10-12-19/h2-3,5,7-13,15,22H,4,6,14H2,1H3,(H,28,32)(H,29,31)(H2,27,33,34). The van der Waals surface area contributed by atoms with E-state index in [0.717, 1.165) is 5.56 Å². The minimum Gasteiger partial charge on any atom is -0.324 e. The van der Waals surface area contributed by atoms with Gasteiger partial charge >= 0.3 is 6.03 Å². The SMILES string of the molecule is Cc1cc(-c2ccccc2S(N)(=O)=O)ccc1NC(=O)C1CCCN1C(=O)Nc1ccc(Cl)cc1. The smallest absolute Gasteiger partial charge is 0.322 e. The molecule has 0 spiro atoms. The van der Waals surface area contributed by atoms with Crippen LogP contribution in [0.4, 0.5) is 16.2 Å². The Kier molecular flexibility index (Phi) is 7.11. The van der Waals surface area contributed by atoms with Crippen LogP contribution in [0.25, 0.3) is 11.1 Å². The molecule has 1 atom stereocenters. The van der Waals surface area contributed by atoms with Crippen molar-refractivity contribution in [3.8, 4) is 11.1 Å². The highest BCUT2D eigenvalue weighted by Crippen LogP contribution is 2.30. The number of carbonyl (C=O) groups is 2. The third kappa shape index (κ3) is 5.64. The van der Waals surface area contributed by atoms with Gasteiger partial charge in [-0.2, -0.15) is 0 Å². The summed E-state index contributed by atoms with van der Waals surface area (Å²) in [6.45, 7) is 2.29. The van der Waals surface area contributed by atoms with Crippen molar-refractivity contribution in [1.82, 2.24) is 4.90 Å². The molecule has 0 bridgehead atoms. The molecule has 1 heterocycles. The number of likely N-dealkylation sites (tertiary alicyclic amines) is 1. The van der Waals surface area contributed by atoms with Gasteiger partial charge in [-0.25, -0.2) is 18.4 Å². The van der Waals surface area contributed by atoms with Crippen molar-refractivity contribution in [3.05, 3.63) is 77.3 Å². The molecule has 0 aliphatic carbocycles. The molecule has 4 rings (SSSR count). The molecule has 8 nitrogen and oxygen atoms in total. The number of carbonyl (C=O) groups excluding carboxylic acids is 2. The zero-order valence-electron chi connectivity index (χ0n) is 19.0. The van der Waals surface area contributed by atoms with Crippen LogP contribution in [0.5, 0.6) is 0 Å². The molecular formula is C25H25ClN4O4S. The second-order valence-electron chi connectivity index (χ2n) is 8.35. The molecule has 1 aliphatic heterocycles. The first kappa shape index (κ1) is 24.7. The van der Waals surface area contributed by atoms with E-state index in [1.165, 1.54) is 11.0 Å². The van der Waals surface area contributed by atoms with Crippen LogP contribution in [0.1, 0.15) is 18.4 Å². The first-order valence-corrected chi connectivity index (χ1v) is 12.9. The number of benzene rings is 3. The number of nitrogens with two attached hydrogens (primary N) is 1. The second-order valence-corrected chi connectivity index (χ2v) is 10.3. The molecule has 1 aliphatic rings. The van der Waals surface area contributed by atoms with Gasteiger partial charge in [-0.15, -0.1) is 0 Å². The number of amides is 3. The van der Waals surface area contributed by atoms with Crippen LogP contribution < -0.4 is 15.8 Å². The molecule has 1 saturated heterocycles. The number of hydrogen-bond acceptors (Lipinski definition) is 4. The lowest BCUT2D eigenvalue weighted by Gasteiger charge is -2.24. The summed E-state index contributed by atoms with van der Waals surface area (Å²) < 4.78 is 23.9. The summed E-state index contributed by atoms with van der Waals surface area (Å²) in [5.41, 5.74) is 3.07. The molecule has 0 radical (unpaired) electrons. The van der Waals surface area contributed by atoms with Gasteiger partial charge in [-0.1, -0.05) is 35.9 Å². The van der Waals surface area contributed by atoms with E-state index >= 15 is 0 Å². The van der Waals surface area contributed by atoms with E-state index < -0.39 is 16.1 Å². The zero-order valence-corrected chi connectivity index (χ0v) is 20.6. The molecule has 3 aromatic carbocycles. The molecule has 0 saturated carbocycles. The van der Waals surface area contributed by atoms with Gasteiger partial charge in [0.05, 0.1) is 4.90 Å². The Balaban J connectivity index is 1.49. The number of rotatable bonds is 5. The molecule has 35 heavy (non-hydrogen) atoms. The number of primary sulfonamides is 1. The predicted molar refractivity (Wildman–Crippen MR) is 137 cm³/mol. The summed E-state index contributed by atoms with van der Waals surface area (Å²) >= 11 is 5.89. The van der Waals surface area contributed by atoms with Crippen LogP contribution in [0.3, 0.4) is 0 Å². The van der Waals surface area contributed by atoms with Crippen molar-refractivity contribution in [2.24, 2.45) is 5.14 Å². The van der Waals surface area contributed by atoms with E-state index in [-0.39, 0.29) is 16.8 Å². The maximum Gasteiger partial charge on any atom is 0.322 e. The van der Waals surface area contributed by atoms with E-state index in [2.05, 4.69) is 10.6 Å². The van der Waals surface area contributed by atoms with Gasteiger partial charge in [0.2, 0.25) is 15.9 Å². The zero-order chi connectivity index (χ0) is 25.2. The fourth-order valence-electron chi connectivity index (χ4n) is 4.15. The van der Waals surface area contributed by atoms with Gasteiger partial charge in [0.25, 0.3) is 0 Å². The Morgan fingerprint density at radius 3 is 2.43 bits per heavy atom. The van der Waals surface area contributed by atoms with Crippen molar-refractivity contribution >= 4 is 44.9 Å². The van der Waals surface area contributed by atoms with Gasteiger partial charge in [-0.3, -0.25) is 4.79 Å². The summed E-state index contributed by atoms with van der Waals surface area (Å²) in [7, 11) is -3.89. The maximum absolute atomic E-state index is 13.1. The number of urea groups is 1. The van der Waals surface area contributed by atoms with Gasteiger partial charge in [-0.05, 0) is 73.4 Å². The maximum atomic E-state index is 13.1. The highest BCUT2D eigenvalue weighted by atomic mass is 35.5. The number of sulfonamides is 1. The topological polar surface area (TPSA) is 122 Å². The fourth-order valence-corrected chi connectivity index (χ4v) is 5.04. The third-order valence-corrected chi connectivity index (χ3v) is 7.12. The largest absolute Gasteiger partial charge is 0.324 e. The minimum atomic E-state index is -3.89. The van der Waals surface area contributed by atoms with Crippen molar-refractivity contribution in [2.75, 3.05) is 17.2 Å². The van der Waals surface area contributed by atoms with Gasteiger partial charge in [0.1, 0.15) is 6.04 Å². The van der Waals surface area contributed by atoms with E-state index in [1.807, 2.05) is 6.92 Å². The molecule has 4 N–H and O–H groups in total. The van der Waals surface area contributed by atoms with Gasteiger partial charge in [0, 0.05) is 28.5 Å². The Bertz CT molecular complexity index is 1380. The molecule has 3 amide bonds. The fraction of sp³-hybridized carbons (Fsp3) is 0.200. The Labute approximate surface area is 209 Å². The molecule has 0 aromatic heterocycles. The monoisotopic (exact) mass is 512 g/mol. The molecule has 1 unspecified atom stereocenters. The molecule has 1 fully saturated rings. The van der Waals surface area contributed by atoms with E-state index in [0.29, 0.717) is 46.9 Å². The average Bonchev–Trinajstić information content (AvgIpc) is 3.32. The van der Waals surface area contributed by atoms with E-state index in [1.54, 1.807) is 60.7 Å². The summed E-state index contributed by atoms with van der Waals surface area (Å²) in [4.78, 5) is 27.4. The van der Waals surface area contributed by atoms with Crippen molar-refractivity contribution < 1.29 is 18.0 Å². The molecule has 182 valence electrons. The number of anilines is 2. The normalized spacial score (nSPS) is 15.6. The lowest BCUT2D eigenvalue weighted by molar-refractivity contribution is -0.119. The predicted octanol–water partition coefficient (Wildman–Crippen LogP) is 4.60. The van der Waals surface area contributed by atoms with E-state index in [4.69, 9.17) is 16.7 Å². The third-order valence-electron chi connectivity index (χ3n) is 5.90. The van der Waals surface area contributed by atoms with Gasteiger partial charge < -0.3 is 15.5 Å². The van der Waals surface area contributed by atoms with Crippen molar-refractivity contribution in [3.63, 3.8) is 0 Å². The number of halogens is 1.